The highest BCUT2D eigenvalue weighted by molar-refractivity contribution is 5.96. The van der Waals surface area contributed by atoms with Gasteiger partial charge in [0, 0.05) is 17.1 Å². The van der Waals surface area contributed by atoms with Crippen LogP contribution in [0.15, 0.2) is 61.2 Å². The van der Waals surface area contributed by atoms with E-state index < -0.39 is 0 Å². The average molecular weight is 236 g/mol. The quantitative estimate of drug-likeness (QED) is 0.768. The summed E-state index contributed by atoms with van der Waals surface area (Å²) in [5, 5.41) is 10.8. The Morgan fingerprint density at radius 1 is 0.944 bits per heavy atom. The van der Waals surface area contributed by atoms with E-state index in [1.54, 1.807) is 6.92 Å². The molecule has 0 aliphatic rings. The van der Waals surface area contributed by atoms with E-state index in [9.17, 15) is 0 Å². The van der Waals surface area contributed by atoms with Gasteiger partial charge in [0.2, 0.25) is 0 Å². The molecule has 0 spiro atoms. The zero-order valence-electron chi connectivity index (χ0n) is 10.4. The van der Waals surface area contributed by atoms with Gasteiger partial charge in [0.05, 0.1) is 0 Å². The van der Waals surface area contributed by atoms with Crippen molar-refractivity contribution in [1.82, 2.24) is 0 Å². The maximum Gasteiger partial charge on any atom is 0.0384 e. The second kappa shape index (κ2) is 5.32. The first-order valence-corrected chi connectivity index (χ1v) is 5.84. The standard InChI is InChI=1S/C16H16N2/c1-12(17)14-8-10-16(11-9-14)18-13(2)15-6-4-3-5-7-15/h3-11,17-18H,2H2,1H3. The van der Waals surface area contributed by atoms with Crippen LogP contribution in [0.5, 0.6) is 0 Å². The van der Waals surface area contributed by atoms with Gasteiger partial charge in [-0.2, -0.15) is 0 Å². The first-order chi connectivity index (χ1) is 8.66. The molecule has 0 saturated heterocycles. The van der Waals surface area contributed by atoms with Gasteiger partial charge in [0.15, 0.2) is 0 Å². The van der Waals surface area contributed by atoms with E-state index in [-0.39, 0.29) is 0 Å². The van der Waals surface area contributed by atoms with E-state index in [4.69, 9.17) is 5.41 Å². The summed E-state index contributed by atoms with van der Waals surface area (Å²) >= 11 is 0. The van der Waals surface area contributed by atoms with Gasteiger partial charge in [0.25, 0.3) is 0 Å². The van der Waals surface area contributed by atoms with E-state index in [0.717, 1.165) is 22.5 Å². The van der Waals surface area contributed by atoms with Gasteiger partial charge in [0.1, 0.15) is 0 Å². The second-order valence-corrected chi connectivity index (χ2v) is 4.17. The van der Waals surface area contributed by atoms with Gasteiger partial charge >= 0.3 is 0 Å². The van der Waals surface area contributed by atoms with Crippen molar-refractivity contribution in [1.29, 1.82) is 5.41 Å². The van der Waals surface area contributed by atoms with E-state index in [1.165, 1.54) is 0 Å². The predicted octanol–water partition coefficient (Wildman–Crippen LogP) is 4.16. The molecule has 2 aromatic rings. The van der Waals surface area contributed by atoms with Gasteiger partial charge in [-0.3, -0.25) is 0 Å². The molecule has 2 heteroatoms. The van der Waals surface area contributed by atoms with E-state index in [1.807, 2.05) is 54.6 Å². The third kappa shape index (κ3) is 2.86. The Kier molecular flexibility index (Phi) is 3.58. The van der Waals surface area contributed by atoms with Crippen molar-refractivity contribution in [3.8, 4) is 0 Å². The van der Waals surface area contributed by atoms with E-state index in [2.05, 4.69) is 11.9 Å². The first kappa shape index (κ1) is 12.1. The molecule has 0 aliphatic carbocycles. The van der Waals surface area contributed by atoms with Crippen molar-refractivity contribution in [3.05, 3.63) is 72.3 Å². The molecule has 2 nitrogen and oxygen atoms in total. The summed E-state index contributed by atoms with van der Waals surface area (Å²) in [5.74, 6) is 0. The van der Waals surface area contributed by atoms with Crippen LogP contribution in [0.2, 0.25) is 0 Å². The molecule has 2 rings (SSSR count). The molecule has 2 N–H and O–H groups in total. The number of rotatable bonds is 4. The number of nitrogens with one attached hydrogen (secondary N) is 2. The minimum atomic E-state index is 0.573. The van der Waals surface area contributed by atoms with Crippen molar-refractivity contribution < 1.29 is 0 Å². The fourth-order valence-electron chi connectivity index (χ4n) is 1.69. The lowest BCUT2D eigenvalue weighted by molar-refractivity contribution is 1.45. The summed E-state index contributed by atoms with van der Waals surface area (Å²) in [6.45, 7) is 5.81. The van der Waals surface area contributed by atoms with Gasteiger partial charge in [-0.05, 0) is 30.2 Å². The summed E-state index contributed by atoms with van der Waals surface area (Å²) in [4.78, 5) is 0. The molecule has 0 aliphatic heterocycles. The van der Waals surface area contributed by atoms with Crippen LogP contribution in [0.3, 0.4) is 0 Å². The molecule has 18 heavy (non-hydrogen) atoms. The molecule has 0 bridgehead atoms. The smallest absolute Gasteiger partial charge is 0.0384 e. The van der Waals surface area contributed by atoms with E-state index >= 15 is 0 Å². The Morgan fingerprint density at radius 2 is 1.56 bits per heavy atom. The molecule has 90 valence electrons. The molecule has 0 saturated carbocycles. The summed E-state index contributed by atoms with van der Waals surface area (Å²) in [6, 6.07) is 17.8. The third-order valence-corrected chi connectivity index (χ3v) is 2.74. The van der Waals surface area contributed by atoms with Crippen LogP contribution in [-0.2, 0) is 0 Å². The maximum absolute atomic E-state index is 7.54. The molecule has 0 fully saturated rings. The van der Waals surface area contributed by atoms with Crippen molar-refractivity contribution in [2.75, 3.05) is 5.32 Å². The zero-order valence-corrected chi connectivity index (χ0v) is 10.4. The first-order valence-electron chi connectivity index (χ1n) is 5.84. The normalized spacial score (nSPS) is 9.83. The molecule has 0 aromatic heterocycles. The van der Waals surface area contributed by atoms with Crippen LogP contribution < -0.4 is 5.32 Å². The monoisotopic (exact) mass is 236 g/mol. The maximum atomic E-state index is 7.54. The lowest BCUT2D eigenvalue weighted by Gasteiger charge is -2.10. The molecular weight excluding hydrogens is 220 g/mol. The summed E-state index contributed by atoms with van der Waals surface area (Å²) in [6.07, 6.45) is 0. The fraction of sp³-hybridized carbons (Fsp3) is 0.0625. The van der Waals surface area contributed by atoms with Gasteiger partial charge in [-0.1, -0.05) is 49.0 Å². The number of anilines is 1. The number of benzene rings is 2. The Hall–Kier alpha value is -2.35. The third-order valence-electron chi connectivity index (χ3n) is 2.74. The highest BCUT2D eigenvalue weighted by Gasteiger charge is 1.99. The largest absolute Gasteiger partial charge is 0.356 e. The van der Waals surface area contributed by atoms with Crippen LogP contribution in [0, 0.1) is 5.41 Å². The molecule has 0 heterocycles. The molecule has 0 atom stereocenters. The van der Waals surface area contributed by atoms with Gasteiger partial charge in [-0.25, -0.2) is 0 Å². The summed E-state index contributed by atoms with van der Waals surface area (Å²) in [5.41, 5.74) is 4.43. The van der Waals surface area contributed by atoms with E-state index in [0.29, 0.717) is 5.71 Å². The zero-order chi connectivity index (χ0) is 13.0. The number of hydrogen-bond acceptors (Lipinski definition) is 2. The molecule has 2 aromatic carbocycles. The highest BCUT2D eigenvalue weighted by atomic mass is 14.9. The SMILES string of the molecule is C=C(Nc1ccc(C(C)=N)cc1)c1ccccc1. The topological polar surface area (TPSA) is 35.9 Å². The Bertz CT molecular complexity index is 553. The van der Waals surface area contributed by atoms with Crippen LogP contribution in [0.4, 0.5) is 5.69 Å². The molecule has 0 amide bonds. The minimum absolute atomic E-state index is 0.573. The van der Waals surface area contributed by atoms with Crippen molar-refractivity contribution in [2.45, 2.75) is 6.92 Å². The van der Waals surface area contributed by atoms with Gasteiger partial charge in [-0.15, -0.1) is 0 Å². The Balaban J connectivity index is 2.10. The molecule has 0 radical (unpaired) electrons. The van der Waals surface area contributed by atoms with Crippen LogP contribution in [-0.4, -0.2) is 5.71 Å². The highest BCUT2D eigenvalue weighted by Crippen LogP contribution is 2.17. The summed E-state index contributed by atoms with van der Waals surface area (Å²) in [7, 11) is 0. The Morgan fingerprint density at radius 3 is 2.11 bits per heavy atom. The number of hydrogen-bond donors (Lipinski definition) is 2. The van der Waals surface area contributed by atoms with Crippen LogP contribution in [0.1, 0.15) is 18.1 Å². The van der Waals surface area contributed by atoms with Crippen molar-refractivity contribution in [3.63, 3.8) is 0 Å². The minimum Gasteiger partial charge on any atom is -0.356 e. The van der Waals surface area contributed by atoms with Crippen LogP contribution in [0.25, 0.3) is 5.70 Å². The van der Waals surface area contributed by atoms with Gasteiger partial charge < -0.3 is 10.7 Å². The fourth-order valence-corrected chi connectivity index (χ4v) is 1.69. The lowest BCUT2D eigenvalue weighted by Crippen LogP contribution is -1.98. The molecule has 0 unspecified atom stereocenters. The summed E-state index contributed by atoms with van der Waals surface area (Å²) < 4.78 is 0. The van der Waals surface area contributed by atoms with Crippen molar-refractivity contribution >= 4 is 17.1 Å². The lowest BCUT2D eigenvalue weighted by atomic mass is 10.1. The second-order valence-electron chi connectivity index (χ2n) is 4.17. The van der Waals surface area contributed by atoms with Crippen LogP contribution >= 0.6 is 0 Å². The molecular formula is C16H16N2. The van der Waals surface area contributed by atoms with Crippen molar-refractivity contribution in [2.24, 2.45) is 0 Å². The Labute approximate surface area is 107 Å². The predicted molar refractivity (Wildman–Crippen MR) is 78.0 cm³/mol. The average Bonchev–Trinajstić information content (AvgIpc) is 2.40.